The zero-order valence-corrected chi connectivity index (χ0v) is 12.8. The topological polar surface area (TPSA) is 29.1 Å². The molecule has 1 rings (SSSR count). The van der Waals surface area contributed by atoms with Crippen molar-refractivity contribution in [1.82, 2.24) is 5.32 Å². The second-order valence-corrected chi connectivity index (χ2v) is 6.19. The first-order chi connectivity index (χ1) is 7.91. The summed E-state index contributed by atoms with van der Waals surface area (Å²) in [6, 6.07) is 4.31. The predicted octanol–water partition coefficient (Wildman–Crippen LogP) is 3.74. The van der Waals surface area contributed by atoms with Crippen molar-refractivity contribution in [3.05, 3.63) is 34.1 Å². The van der Waals surface area contributed by atoms with Crippen molar-refractivity contribution in [2.75, 3.05) is 6.54 Å². The molecular weight excluding hydrogens is 353 g/mol. The summed E-state index contributed by atoms with van der Waals surface area (Å²) in [6.45, 7) is 4.57. The minimum Gasteiger partial charge on any atom is -0.351 e. The number of carbonyl (C=O) groups is 1. The third-order valence-electron chi connectivity index (χ3n) is 2.35. The number of alkyl halides is 1. The number of hydrogen-bond donors (Lipinski definition) is 1. The van der Waals surface area contributed by atoms with E-state index < -0.39 is 11.7 Å². The second-order valence-electron chi connectivity index (χ2n) is 4.09. The zero-order chi connectivity index (χ0) is 13.0. The molecule has 0 aliphatic heterocycles. The first-order valence-corrected chi connectivity index (χ1v) is 7.00. The van der Waals surface area contributed by atoms with E-state index in [0.29, 0.717) is 16.9 Å². The third kappa shape index (κ3) is 4.39. The molecule has 0 spiro atoms. The van der Waals surface area contributed by atoms with Crippen molar-refractivity contribution in [2.24, 2.45) is 5.92 Å². The van der Waals surface area contributed by atoms with Gasteiger partial charge in [0.2, 0.25) is 0 Å². The molecule has 5 heteroatoms. The normalized spacial score (nSPS) is 12.6. The van der Waals surface area contributed by atoms with Crippen molar-refractivity contribution in [3.63, 3.8) is 0 Å². The highest BCUT2D eigenvalue weighted by Crippen LogP contribution is 2.16. The van der Waals surface area contributed by atoms with Crippen LogP contribution in [0.5, 0.6) is 0 Å². The number of hydrogen-bond acceptors (Lipinski definition) is 1. The average Bonchev–Trinajstić information content (AvgIpc) is 2.28. The minimum absolute atomic E-state index is 0.0582. The van der Waals surface area contributed by atoms with Crippen LogP contribution < -0.4 is 5.32 Å². The summed E-state index contributed by atoms with van der Waals surface area (Å²) in [6.07, 6.45) is 0. The lowest BCUT2D eigenvalue weighted by Crippen LogP contribution is -2.32. The second kappa shape index (κ2) is 6.50. The molecule has 0 saturated heterocycles. The van der Waals surface area contributed by atoms with Gasteiger partial charge in [-0.2, -0.15) is 0 Å². The highest BCUT2D eigenvalue weighted by atomic mass is 79.9. The molecule has 0 saturated carbocycles. The highest BCUT2D eigenvalue weighted by Gasteiger charge is 2.14. The van der Waals surface area contributed by atoms with Crippen molar-refractivity contribution < 1.29 is 9.18 Å². The summed E-state index contributed by atoms with van der Waals surface area (Å²) in [5.41, 5.74) is 0.0582. The lowest BCUT2D eigenvalue weighted by Gasteiger charge is -2.14. The van der Waals surface area contributed by atoms with Gasteiger partial charge in [-0.3, -0.25) is 4.79 Å². The summed E-state index contributed by atoms with van der Waals surface area (Å²) in [5.74, 6) is -0.502. The number of nitrogens with one attached hydrogen (secondary N) is 1. The molecule has 1 N–H and O–H groups in total. The van der Waals surface area contributed by atoms with Crippen molar-refractivity contribution in [1.29, 1.82) is 0 Å². The Bertz CT molecular complexity index is 409. The quantitative estimate of drug-likeness (QED) is 0.808. The van der Waals surface area contributed by atoms with Gasteiger partial charge in [0.1, 0.15) is 5.82 Å². The fraction of sp³-hybridized carbons (Fsp3) is 0.417. The molecule has 0 aliphatic carbocycles. The number of benzene rings is 1. The molecule has 1 atom stereocenters. The van der Waals surface area contributed by atoms with Gasteiger partial charge >= 0.3 is 0 Å². The first-order valence-electron chi connectivity index (χ1n) is 5.29. The summed E-state index contributed by atoms with van der Waals surface area (Å²) in [7, 11) is 0. The smallest absolute Gasteiger partial charge is 0.254 e. The van der Waals surface area contributed by atoms with Gasteiger partial charge in [-0.05, 0) is 24.1 Å². The van der Waals surface area contributed by atoms with Crippen molar-refractivity contribution in [3.8, 4) is 0 Å². The lowest BCUT2D eigenvalue weighted by molar-refractivity contribution is 0.0949. The van der Waals surface area contributed by atoms with E-state index >= 15 is 0 Å². The van der Waals surface area contributed by atoms with E-state index in [2.05, 4.69) is 37.2 Å². The standard InChI is InChI=1S/C12H14Br2FNO/c1-7(2)10(14)6-16-12(17)9-5-8(13)3-4-11(9)15/h3-5,7,10H,6H2,1-2H3,(H,16,17). The van der Waals surface area contributed by atoms with Crippen LogP contribution in [0.4, 0.5) is 4.39 Å². The van der Waals surface area contributed by atoms with Crippen LogP contribution >= 0.6 is 31.9 Å². The van der Waals surface area contributed by atoms with Gasteiger partial charge < -0.3 is 5.32 Å². The molecule has 1 amide bonds. The molecule has 0 bridgehead atoms. The Kier molecular flexibility index (Phi) is 5.59. The molecular formula is C12H14Br2FNO. The number of rotatable bonds is 4. The monoisotopic (exact) mass is 365 g/mol. The molecule has 0 radical (unpaired) electrons. The Balaban J connectivity index is 2.67. The van der Waals surface area contributed by atoms with E-state index in [1.807, 2.05) is 13.8 Å². The molecule has 17 heavy (non-hydrogen) atoms. The maximum atomic E-state index is 13.4. The molecule has 0 aliphatic rings. The van der Waals surface area contributed by atoms with E-state index in [-0.39, 0.29) is 10.4 Å². The fourth-order valence-electron chi connectivity index (χ4n) is 1.19. The SMILES string of the molecule is CC(C)C(Br)CNC(=O)c1cc(Br)ccc1F. The molecule has 0 heterocycles. The lowest BCUT2D eigenvalue weighted by atomic mass is 10.1. The largest absolute Gasteiger partial charge is 0.351 e. The number of amides is 1. The van der Waals surface area contributed by atoms with Gasteiger partial charge in [-0.1, -0.05) is 45.7 Å². The van der Waals surface area contributed by atoms with Crippen molar-refractivity contribution >= 4 is 37.8 Å². The molecule has 2 nitrogen and oxygen atoms in total. The van der Waals surface area contributed by atoms with Gasteiger partial charge in [0.05, 0.1) is 5.56 Å². The van der Waals surface area contributed by atoms with E-state index in [1.54, 1.807) is 6.07 Å². The molecule has 1 unspecified atom stereocenters. The van der Waals surface area contributed by atoms with E-state index in [9.17, 15) is 9.18 Å². The van der Waals surface area contributed by atoms with Crippen LogP contribution in [0.1, 0.15) is 24.2 Å². The summed E-state index contributed by atoms with van der Waals surface area (Å²) >= 11 is 6.67. The Morgan fingerprint density at radius 1 is 1.47 bits per heavy atom. The maximum Gasteiger partial charge on any atom is 0.254 e. The van der Waals surface area contributed by atoms with Gasteiger partial charge in [-0.15, -0.1) is 0 Å². The van der Waals surface area contributed by atoms with E-state index in [0.717, 1.165) is 0 Å². The maximum absolute atomic E-state index is 13.4. The van der Waals surface area contributed by atoms with Gasteiger partial charge in [-0.25, -0.2) is 4.39 Å². The number of halogens is 3. The Labute approximate surface area is 117 Å². The first kappa shape index (κ1) is 14.6. The van der Waals surface area contributed by atoms with Crippen molar-refractivity contribution in [2.45, 2.75) is 18.7 Å². The van der Waals surface area contributed by atoms with Gasteiger partial charge in [0.25, 0.3) is 5.91 Å². The van der Waals surface area contributed by atoms with Gasteiger partial charge in [0, 0.05) is 15.8 Å². The Hall–Kier alpha value is -0.420. The number of carbonyl (C=O) groups excluding carboxylic acids is 1. The molecule has 94 valence electrons. The van der Waals surface area contributed by atoms with Gasteiger partial charge in [0.15, 0.2) is 0 Å². The van der Waals surface area contributed by atoms with E-state index in [1.165, 1.54) is 12.1 Å². The van der Waals surface area contributed by atoms with Crippen LogP contribution in [0.2, 0.25) is 0 Å². The van der Waals surface area contributed by atoms with Crippen LogP contribution in [-0.2, 0) is 0 Å². The van der Waals surface area contributed by atoms with E-state index in [4.69, 9.17) is 0 Å². The van der Waals surface area contributed by atoms with Crippen LogP contribution in [0, 0.1) is 11.7 Å². The highest BCUT2D eigenvalue weighted by molar-refractivity contribution is 9.10. The zero-order valence-electron chi connectivity index (χ0n) is 9.64. The Morgan fingerprint density at radius 2 is 2.12 bits per heavy atom. The van der Waals surface area contributed by atoms with Crippen LogP contribution in [-0.4, -0.2) is 17.3 Å². The summed E-state index contributed by atoms with van der Waals surface area (Å²) in [4.78, 5) is 11.9. The van der Waals surface area contributed by atoms with Crippen LogP contribution in [0.15, 0.2) is 22.7 Å². The summed E-state index contributed by atoms with van der Waals surface area (Å²) in [5, 5.41) is 2.70. The molecule has 1 aromatic rings. The minimum atomic E-state index is -0.513. The molecule has 0 aromatic heterocycles. The fourth-order valence-corrected chi connectivity index (χ4v) is 1.72. The molecule has 0 fully saturated rings. The van der Waals surface area contributed by atoms with Crippen LogP contribution in [0.25, 0.3) is 0 Å². The third-order valence-corrected chi connectivity index (χ3v) is 4.23. The van der Waals surface area contributed by atoms with Crippen LogP contribution in [0.3, 0.4) is 0 Å². The average molecular weight is 367 g/mol. The molecule has 1 aromatic carbocycles. The predicted molar refractivity (Wildman–Crippen MR) is 74.0 cm³/mol. The Morgan fingerprint density at radius 3 is 2.71 bits per heavy atom. The summed E-state index contributed by atoms with van der Waals surface area (Å²) < 4.78 is 14.1.